The van der Waals surface area contributed by atoms with E-state index in [0.717, 1.165) is 11.8 Å². The topological polar surface area (TPSA) is 29.1 Å². The second-order valence-electron chi connectivity index (χ2n) is 5.25. The smallest absolute Gasteiger partial charge is 0.237 e. The van der Waals surface area contributed by atoms with Gasteiger partial charge >= 0.3 is 0 Å². The first-order valence-corrected chi connectivity index (χ1v) is 6.46. The average molecular weight is 230 g/mol. The molecule has 2 rings (SSSR count). The van der Waals surface area contributed by atoms with Crippen LogP contribution in [0.2, 0.25) is 0 Å². The van der Waals surface area contributed by atoms with Crippen molar-refractivity contribution in [3.05, 3.63) is 0 Å². The van der Waals surface area contributed by atoms with E-state index in [2.05, 4.69) is 12.2 Å². The fourth-order valence-corrected chi connectivity index (χ4v) is 3.42. The van der Waals surface area contributed by atoms with Gasteiger partial charge in [0.1, 0.15) is 5.38 Å². The Balaban J connectivity index is 1.86. The summed E-state index contributed by atoms with van der Waals surface area (Å²) in [6.45, 7) is 3.85. The lowest BCUT2D eigenvalue weighted by molar-refractivity contribution is -0.121. The molecule has 5 atom stereocenters. The molecule has 0 unspecified atom stereocenters. The zero-order chi connectivity index (χ0) is 11.0. The Labute approximate surface area is 96.8 Å². The lowest BCUT2D eigenvalue weighted by atomic mass is 9.84. The van der Waals surface area contributed by atoms with Crippen LogP contribution in [-0.2, 0) is 4.79 Å². The van der Waals surface area contributed by atoms with E-state index in [4.69, 9.17) is 11.6 Å². The van der Waals surface area contributed by atoms with Gasteiger partial charge in [0, 0.05) is 6.04 Å². The molecular weight excluding hydrogens is 210 g/mol. The van der Waals surface area contributed by atoms with Gasteiger partial charge in [0.2, 0.25) is 5.91 Å². The molecule has 2 nitrogen and oxygen atoms in total. The largest absolute Gasteiger partial charge is 0.352 e. The van der Waals surface area contributed by atoms with Crippen molar-refractivity contribution in [2.45, 2.75) is 50.9 Å². The van der Waals surface area contributed by atoms with Crippen molar-refractivity contribution in [3.8, 4) is 0 Å². The molecule has 0 saturated heterocycles. The molecule has 2 saturated carbocycles. The summed E-state index contributed by atoms with van der Waals surface area (Å²) in [5, 5.41) is 2.62. The molecule has 15 heavy (non-hydrogen) atoms. The highest BCUT2D eigenvalue weighted by atomic mass is 35.5. The third kappa shape index (κ3) is 2.30. The summed E-state index contributed by atoms with van der Waals surface area (Å²) in [7, 11) is 0. The van der Waals surface area contributed by atoms with E-state index >= 15 is 0 Å². The van der Waals surface area contributed by atoms with Gasteiger partial charge in [0.05, 0.1) is 0 Å². The Bertz CT molecular complexity index is 254. The molecule has 0 heterocycles. The molecule has 1 amide bonds. The molecule has 2 bridgehead atoms. The second-order valence-corrected chi connectivity index (χ2v) is 5.91. The lowest BCUT2D eigenvalue weighted by Gasteiger charge is -2.28. The normalized spacial score (nSPS) is 37.7. The van der Waals surface area contributed by atoms with Gasteiger partial charge in [-0.25, -0.2) is 0 Å². The third-order valence-electron chi connectivity index (χ3n) is 4.17. The number of rotatable bonds is 3. The molecule has 2 aliphatic carbocycles. The van der Waals surface area contributed by atoms with Crippen LogP contribution in [0.15, 0.2) is 0 Å². The van der Waals surface area contributed by atoms with Crippen LogP contribution in [0.5, 0.6) is 0 Å². The molecular formula is C12H20ClNO. The van der Waals surface area contributed by atoms with E-state index in [1.807, 2.05) is 0 Å². The van der Waals surface area contributed by atoms with Gasteiger partial charge in [0.15, 0.2) is 0 Å². The first kappa shape index (κ1) is 11.3. The molecule has 86 valence electrons. The van der Waals surface area contributed by atoms with Crippen molar-refractivity contribution >= 4 is 17.5 Å². The van der Waals surface area contributed by atoms with E-state index in [0.29, 0.717) is 12.0 Å². The minimum atomic E-state index is -0.411. The quantitative estimate of drug-likeness (QED) is 0.741. The summed E-state index contributed by atoms with van der Waals surface area (Å²) < 4.78 is 0. The summed E-state index contributed by atoms with van der Waals surface area (Å²) in [5.41, 5.74) is 0. The number of carbonyl (C=O) groups excluding carboxylic acids is 1. The van der Waals surface area contributed by atoms with Gasteiger partial charge in [-0.15, -0.1) is 11.6 Å². The van der Waals surface area contributed by atoms with Crippen LogP contribution in [-0.4, -0.2) is 17.3 Å². The predicted octanol–water partition coefficient (Wildman–Crippen LogP) is 2.55. The van der Waals surface area contributed by atoms with E-state index < -0.39 is 5.38 Å². The maximum absolute atomic E-state index is 11.5. The van der Waals surface area contributed by atoms with Crippen LogP contribution in [0.25, 0.3) is 0 Å². The van der Waals surface area contributed by atoms with Gasteiger partial charge in [-0.05, 0) is 50.9 Å². The van der Waals surface area contributed by atoms with Crippen LogP contribution < -0.4 is 5.32 Å². The summed E-state index contributed by atoms with van der Waals surface area (Å²) in [5.74, 6) is 2.47. The molecule has 0 spiro atoms. The number of hydrogen-bond acceptors (Lipinski definition) is 1. The van der Waals surface area contributed by atoms with Gasteiger partial charge in [-0.1, -0.05) is 6.42 Å². The molecule has 0 aromatic carbocycles. The van der Waals surface area contributed by atoms with Gasteiger partial charge in [0.25, 0.3) is 0 Å². The van der Waals surface area contributed by atoms with Crippen molar-refractivity contribution in [1.29, 1.82) is 0 Å². The Kier molecular flexibility index (Phi) is 3.24. The van der Waals surface area contributed by atoms with Crippen LogP contribution in [0.4, 0.5) is 0 Å². The number of alkyl halides is 1. The monoisotopic (exact) mass is 229 g/mol. The summed E-state index contributed by atoms with van der Waals surface area (Å²) in [6.07, 6.45) is 5.48. The zero-order valence-corrected chi connectivity index (χ0v) is 10.3. The Hall–Kier alpha value is -0.240. The number of fused-ring (bicyclic) bond motifs is 2. The molecule has 1 N–H and O–H groups in total. The number of nitrogens with one attached hydrogen (secondary N) is 1. The first-order chi connectivity index (χ1) is 7.08. The Morgan fingerprint density at radius 1 is 1.33 bits per heavy atom. The average Bonchev–Trinajstić information content (AvgIpc) is 2.78. The molecule has 0 aliphatic heterocycles. The molecule has 0 radical (unpaired) electrons. The lowest BCUT2D eigenvalue weighted by Crippen LogP contribution is -2.42. The van der Waals surface area contributed by atoms with E-state index in [9.17, 15) is 4.79 Å². The number of hydrogen-bond donors (Lipinski definition) is 1. The second kappa shape index (κ2) is 4.32. The maximum atomic E-state index is 11.5. The fraction of sp³-hybridized carbons (Fsp3) is 0.917. The van der Waals surface area contributed by atoms with Crippen LogP contribution >= 0.6 is 11.6 Å². The first-order valence-electron chi connectivity index (χ1n) is 6.02. The number of halogens is 1. The Morgan fingerprint density at radius 3 is 2.53 bits per heavy atom. The molecule has 0 aromatic rings. The summed E-state index contributed by atoms with van der Waals surface area (Å²) in [6, 6.07) is 0.300. The van der Waals surface area contributed by atoms with E-state index in [1.54, 1.807) is 6.92 Å². The minimum Gasteiger partial charge on any atom is -0.352 e. The van der Waals surface area contributed by atoms with E-state index in [-0.39, 0.29) is 5.91 Å². The fourth-order valence-electron chi connectivity index (χ4n) is 3.35. The SMILES string of the molecule is C[C@H](Cl)C(=O)N[C@H](C)[C@H]1C[C@H]2CC[C@H]1C2. The predicted molar refractivity (Wildman–Crippen MR) is 61.9 cm³/mol. The van der Waals surface area contributed by atoms with Crippen molar-refractivity contribution in [2.75, 3.05) is 0 Å². The highest BCUT2D eigenvalue weighted by molar-refractivity contribution is 6.30. The molecule has 3 heteroatoms. The molecule has 2 aliphatic rings. The maximum Gasteiger partial charge on any atom is 0.237 e. The van der Waals surface area contributed by atoms with Crippen molar-refractivity contribution in [3.63, 3.8) is 0 Å². The van der Waals surface area contributed by atoms with Crippen LogP contribution in [0.1, 0.15) is 39.5 Å². The van der Waals surface area contributed by atoms with E-state index in [1.165, 1.54) is 25.7 Å². The van der Waals surface area contributed by atoms with Gasteiger partial charge in [-0.3, -0.25) is 4.79 Å². The highest BCUT2D eigenvalue weighted by Gasteiger charge is 2.42. The summed E-state index contributed by atoms with van der Waals surface area (Å²) >= 11 is 5.75. The van der Waals surface area contributed by atoms with Crippen LogP contribution in [0.3, 0.4) is 0 Å². The molecule has 0 aromatic heterocycles. The summed E-state index contributed by atoms with van der Waals surface area (Å²) in [4.78, 5) is 11.5. The third-order valence-corrected chi connectivity index (χ3v) is 4.36. The Morgan fingerprint density at radius 2 is 2.07 bits per heavy atom. The van der Waals surface area contributed by atoms with Gasteiger partial charge in [-0.2, -0.15) is 0 Å². The minimum absolute atomic E-state index is 0.0214. The highest BCUT2D eigenvalue weighted by Crippen LogP contribution is 2.49. The van der Waals surface area contributed by atoms with Crippen molar-refractivity contribution in [1.82, 2.24) is 5.32 Å². The number of carbonyl (C=O) groups is 1. The van der Waals surface area contributed by atoms with Crippen molar-refractivity contribution < 1.29 is 4.79 Å². The molecule has 2 fully saturated rings. The van der Waals surface area contributed by atoms with Crippen molar-refractivity contribution in [2.24, 2.45) is 17.8 Å². The number of amides is 1. The van der Waals surface area contributed by atoms with Gasteiger partial charge < -0.3 is 5.32 Å². The van der Waals surface area contributed by atoms with Crippen LogP contribution in [0, 0.1) is 17.8 Å². The standard InChI is InChI=1S/C12H20ClNO/c1-7(13)12(15)14-8(2)11-6-9-3-4-10(11)5-9/h7-11H,3-6H2,1-2H3,(H,14,15)/t7-,8+,9-,10-,11+/m0/s1. The zero-order valence-electron chi connectivity index (χ0n) is 9.50.